The standard InChI is InChI=1S/C9H13.C5H8.H4Si.Ti/c1-6-5-7(2)9(4)8(6)3;1-3-5-4-2;;/h6H,1-4H3;3-5H,1H2,2H3;1H4;. The van der Waals surface area contributed by atoms with E-state index in [0.717, 1.165) is 0 Å². The third-order valence-corrected chi connectivity index (χ3v) is 4.23. The van der Waals surface area contributed by atoms with Gasteiger partial charge in [-0.2, -0.15) is 0 Å². The third-order valence-electron chi connectivity index (χ3n) is 2.97. The molecular formula is C14H25SiTi. The summed E-state index contributed by atoms with van der Waals surface area (Å²) in [6, 6.07) is 0. The average molecular weight is 269 g/mol. The normalized spacial score (nSPS) is 19.4. The van der Waals surface area contributed by atoms with Gasteiger partial charge in [0, 0.05) is 0 Å². The molecule has 0 aliphatic heterocycles. The summed E-state index contributed by atoms with van der Waals surface area (Å²) >= 11 is 2.24. The molecule has 0 aromatic carbocycles. The molecule has 0 fully saturated rings. The van der Waals surface area contributed by atoms with E-state index < -0.39 is 0 Å². The van der Waals surface area contributed by atoms with Gasteiger partial charge >= 0.3 is 74.6 Å². The second-order valence-electron chi connectivity index (χ2n) is 3.83. The first-order chi connectivity index (χ1) is 6.97. The van der Waals surface area contributed by atoms with Crippen molar-refractivity contribution in [2.24, 2.45) is 5.92 Å². The molecule has 0 saturated heterocycles. The Balaban J connectivity index is 0. The van der Waals surface area contributed by atoms with Gasteiger partial charge in [-0.3, -0.25) is 0 Å². The summed E-state index contributed by atoms with van der Waals surface area (Å²) < 4.78 is 1.55. The van der Waals surface area contributed by atoms with Gasteiger partial charge in [0.15, 0.2) is 0 Å². The Labute approximate surface area is 117 Å². The van der Waals surface area contributed by atoms with E-state index in [1.165, 1.54) is 11.1 Å². The maximum Gasteiger partial charge on any atom is -0.0149 e. The van der Waals surface area contributed by atoms with Gasteiger partial charge < -0.3 is 0 Å². The van der Waals surface area contributed by atoms with Crippen LogP contribution in [0.5, 0.6) is 0 Å². The van der Waals surface area contributed by atoms with E-state index in [-0.39, 0.29) is 11.0 Å². The molecule has 0 spiro atoms. The van der Waals surface area contributed by atoms with E-state index in [9.17, 15) is 0 Å². The van der Waals surface area contributed by atoms with E-state index in [1.54, 1.807) is 15.5 Å². The van der Waals surface area contributed by atoms with Crippen molar-refractivity contribution < 1.29 is 20.4 Å². The van der Waals surface area contributed by atoms with Crippen molar-refractivity contribution in [1.82, 2.24) is 0 Å². The minimum atomic E-state index is 0. The molecule has 0 N–H and O–H groups in total. The maximum atomic E-state index is 3.46. The Morgan fingerprint density at radius 1 is 1.19 bits per heavy atom. The molecule has 0 radical (unpaired) electrons. The van der Waals surface area contributed by atoms with Crippen LogP contribution >= 0.6 is 0 Å². The monoisotopic (exact) mass is 269 g/mol. The number of allylic oxidation sites excluding steroid dienone is 7. The minimum absolute atomic E-state index is 0. The van der Waals surface area contributed by atoms with Gasteiger partial charge in [0.05, 0.1) is 0 Å². The van der Waals surface area contributed by atoms with Crippen LogP contribution < -0.4 is 0 Å². The second kappa shape index (κ2) is 8.98. The summed E-state index contributed by atoms with van der Waals surface area (Å²) in [6.45, 7) is 14.4. The molecule has 0 aromatic heterocycles. The van der Waals surface area contributed by atoms with Crippen LogP contribution in [0.2, 0.25) is 0 Å². The first kappa shape index (κ1) is 18.3. The summed E-state index contributed by atoms with van der Waals surface area (Å²) in [7, 11) is 0. The number of hydrogen-bond donors (Lipinski definition) is 0. The zero-order valence-electron chi connectivity index (χ0n) is 10.5. The molecule has 2 heteroatoms. The zero-order valence-corrected chi connectivity index (χ0v) is 12.1. The molecule has 0 heterocycles. The van der Waals surface area contributed by atoms with Crippen molar-refractivity contribution >= 4 is 11.0 Å². The second-order valence-corrected chi connectivity index (χ2v) is 4.67. The van der Waals surface area contributed by atoms with Crippen LogP contribution in [-0.4, -0.2) is 11.0 Å². The van der Waals surface area contributed by atoms with Crippen LogP contribution in [0.25, 0.3) is 0 Å². The van der Waals surface area contributed by atoms with Crippen LogP contribution in [-0.2, 0) is 20.4 Å². The SMILES string of the molecule is C=CC=CC.CC1=C(C)C(C)[C]([Ti])=C1C.[SiH4]. The predicted molar refractivity (Wildman–Crippen MR) is 76.6 cm³/mol. The van der Waals surface area contributed by atoms with Gasteiger partial charge in [0.2, 0.25) is 0 Å². The Bertz CT molecular complexity index is 298. The summed E-state index contributed by atoms with van der Waals surface area (Å²) in [5, 5.41) is 0. The van der Waals surface area contributed by atoms with Gasteiger partial charge in [-0.15, -0.1) is 0 Å². The van der Waals surface area contributed by atoms with Crippen molar-refractivity contribution in [2.75, 3.05) is 0 Å². The van der Waals surface area contributed by atoms with E-state index in [1.807, 2.05) is 19.1 Å². The van der Waals surface area contributed by atoms with E-state index in [2.05, 4.69) is 54.7 Å². The van der Waals surface area contributed by atoms with E-state index in [4.69, 9.17) is 0 Å². The fourth-order valence-corrected chi connectivity index (χ4v) is 2.13. The smallest absolute Gasteiger partial charge is 0.0149 e. The molecule has 1 aliphatic rings. The van der Waals surface area contributed by atoms with Gasteiger partial charge in [-0.05, 0) is 17.9 Å². The molecule has 0 bridgehead atoms. The third kappa shape index (κ3) is 4.82. The molecular weight excluding hydrogens is 244 g/mol. The van der Waals surface area contributed by atoms with Crippen LogP contribution in [0, 0.1) is 5.92 Å². The Morgan fingerprint density at radius 3 is 1.75 bits per heavy atom. The summed E-state index contributed by atoms with van der Waals surface area (Å²) in [4.78, 5) is 0. The predicted octanol–water partition coefficient (Wildman–Crippen LogP) is 3.09. The Hall–Kier alpha value is -0.109. The summed E-state index contributed by atoms with van der Waals surface area (Å²) in [5.74, 6) is 0.694. The molecule has 16 heavy (non-hydrogen) atoms. The van der Waals surface area contributed by atoms with Crippen LogP contribution in [0.3, 0.4) is 0 Å². The topological polar surface area (TPSA) is 0 Å². The Morgan fingerprint density at radius 2 is 1.69 bits per heavy atom. The van der Waals surface area contributed by atoms with Gasteiger partial charge in [0.1, 0.15) is 0 Å². The molecule has 1 atom stereocenters. The largest absolute Gasteiger partial charge is 0.0149 e. The first-order valence-electron chi connectivity index (χ1n) is 5.31. The van der Waals surface area contributed by atoms with Crippen molar-refractivity contribution in [1.29, 1.82) is 0 Å². The summed E-state index contributed by atoms with van der Waals surface area (Å²) in [6.07, 6.45) is 5.58. The van der Waals surface area contributed by atoms with Gasteiger partial charge in [-0.25, -0.2) is 0 Å². The van der Waals surface area contributed by atoms with Crippen molar-refractivity contribution in [3.63, 3.8) is 0 Å². The quantitative estimate of drug-likeness (QED) is 0.507. The molecule has 0 aromatic rings. The van der Waals surface area contributed by atoms with Crippen molar-refractivity contribution in [3.8, 4) is 0 Å². The molecule has 1 rings (SSSR count). The molecule has 1 unspecified atom stereocenters. The zero-order chi connectivity index (χ0) is 12.0. The molecule has 0 nitrogen and oxygen atoms in total. The van der Waals surface area contributed by atoms with Crippen molar-refractivity contribution in [2.45, 2.75) is 34.6 Å². The van der Waals surface area contributed by atoms with Gasteiger partial charge in [0.25, 0.3) is 0 Å². The van der Waals surface area contributed by atoms with Crippen molar-refractivity contribution in [3.05, 3.63) is 45.4 Å². The van der Waals surface area contributed by atoms with Crippen LogP contribution in [0.15, 0.2) is 45.4 Å². The fraction of sp³-hybridized carbons (Fsp3) is 0.429. The number of rotatable bonds is 1. The van der Waals surface area contributed by atoms with Gasteiger partial charge in [-0.1, -0.05) is 24.8 Å². The molecule has 1 aliphatic carbocycles. The average Bonchev–Trinajstić information content (AvgIpc) is 2.39. The number of hydrogen-bond acceptors (Lipinski definition) is 0. The van der Waals surface area contributed by atoms with Crippen LogP contribution in [0.4, 0.5) is 0 Å². The molecule has 0 saturated carbocycles. The fourth-order valence-electron chi connectivity index (χ4n) is 1.50. The van der Waals surface area contributed by atoms with E-state index in [0.29, 0.717) is 5.92 Å². The summed E-state index contributed by atoms with van der Waals surface area (Å²) in [5.41, 5.74) is 4.56. The molecule has 0 amide bonds. The Kier molecular flexibility index (Phi) is 10.2. The maximum absolute atomic E-state index is 3.46. The molecule has 89 valence electrons. The van der Waals surface area contributed by atoms with E-state index >= 15 is 0 Å². The van der Waals surface area contributed by atoms with Crippen LogP contribution in [0.1, 0.15) is 34.6 Å². The minimum Gasteiger partial charge on any atom is -0.0149 e. The first-order valence-corrected chi connectivity index (χ1v) is 6.09.